The summed E-state index contributed by atoms with van der Waals surface area (Å²) >= 11 is 0. The van der Waals surface area contributed by atoms with Crippen molar-refractivity contribution in [2.45, 2.75) is 19.9 Å². The van der Waals surface area contributed by atoms with Gasteiger partial charge in [0.05, 0.1) is 13.2 Å². The topological polar surface area (TPSA) is 60.6 Å². The lowest BCUT2D eigenvalue weighted by Gasteiger charge is -2.19. The van der Waals surface area contributed by atoms with E-state index in [1.54, 1.807) is 14.2 Å². The summed E-state index contributed by atoms with van der Waals surface area (Å²) in [6, 6.07) is 8.10. The van der Waals surface area contributed by atoms with E-state index < -0.39 is 0 Å². The van der Waals surface area contributed by atoms with Crippen LogP contribution in [-0.4, -0.2) is 55.6 Å². The predicted molar refractivity (Wildman–Crippen MR) is 88.1 cm³/mol. The quantitative estimate of drug-likeness (QED) is 0.627. The summed E-state index contributed by atoms with van der Waals surface area (Å²) in [5.74, 6) is 1.25. The molecule has 1 heterocycles. The first kappa shape index (κ1) is 17.6. The van der Waals surface area contributed by atoms with Crippen molar-refractivity contribution in [1.29, 1.82) is 0 Å². The van der Waals surface area contributed by atoms with Crippen molar-refractivity contribution >= 4 is 0 Å². The van der Waals surface area contributed by atoms with Crippen LogP contribution in [0.25, 0.3) is 11.4 Å². The molecule has 0 saturated heterocycles. The van der Waals surface area contributed by atoms with E-state index in [4.69, 9.17) is 14.0 Å². The molecule has 6 nitrogen and oxygen atoms in total. The summed E-state index contributed by atoms with van der Waals surface area (Å²) in [5.41, 5.74) is 2.18. The average molecular weight is 319 g/mol. The summed E-state index contributed by atoms with van der Waals surface area (Å²) < 4.78 is 15.7. The number of aromatic nitrogens is 2. The highest BCUT2D eigenvalue weighted by Crippen LogP contribution is 2.17. The summed E-state index contributed by atoms with van der Waals surface area (Å²) in [6.07, 6.45) is 0.958. The van der Waals surface area contributed by atoms with E-state index in [1.165, 1.54) is 5.56 Å². The number of hydrogen-bond acceptors (Lipinski definition) is 6. The molecule has 0 N–H and O–H groups in total. The smallest absolute Gasteiger partial charge is 0.241 e. The molecule has 0 fully saturated rings. The van der Waals surface area contributed by atoms with Gasteiger partial charge in [-0.25, -0.2) is 0 Å². The standard InChI is InChI=1S/C17H25N3O3/c1-14-5-7-15(8-6-14)17-18-16(23-19-17)13-20(10-12-22-3)9-4-11-21-2/h5-8H,4,9-13H2,1-3H3. The van der Waals surface area contributed by atoms with Gasteiger partial charge in [0.1, 0.15) is 0 Å². The van der Waals surface area contributed by atoms with E-state index in [0.29, 0.717) is 24.9 Å². The van der Waals surface area contributed by atoms with Gasteiger partial charge in [0.15, 0.2) is 0 Å². The van der Waals surface area contributed by atoms with E-state index in [9.17, 15) is 0 Å². The Morgan fingerprint density at radius 3 is 2.48 bits per heavy atom. The van der Waals surface area contributed by atoms with Gasteiger partial charge in [-0.2, -0.15) is 4.98 Å². The fourth-order valence-electron chi connectivity index (χ4n) is 2.25. The Kier molecular flexibility index (Phi) is 7.19. The van der Waals surface area contributed by atoms with Crippen molar-refractivity contribution in [1.82, 2.24) is 15.0 Å². The van der Waals surface area contributed by atoms with Gasteiger partial charge < -0.3 is 14.0 Å². The first-order valence-corrected chi connectivity index (χ1v) is 7.82. The van der Waals surface area contributed by atoms with E-state index >= 15 is 0 Å². The van der Waals surface area contributed by atoms with Gasteiger partial charge in [0.25, 0.3) is 0 Å². The Morgan fingerprint density at radius 2 is 1.78 bits per heavy atom. The Labute approximate surface area is 137 Å². The molecule has 23 heavy (non-hydrogen) atoms. The van der Waals surface area contributed by atoms with Gasteiger partial charge in [0, 0.05) is 39.5 Å². The molecule has 1 aromatic heterocycles. The zero-order valence-electron chi connectivity index (χ0n) is 14.1. The zero-order chi connectivity index (χ0) is 16.5. The molecular weight excluding hydrogens is 294 g/mol. The predicted octanol–water partition coefficient (Wildman–Crippen LogP) is 2.53. The highest BCUT2D eigenvalue weighted by atomic mass is 16.5. The number of hydrogen-bond donors (Lipinski definition) is 0. The van der Waals surface area contributed by atoms with E-state index in [2.05, 4.69) is 22.0 Å². The number of methoxy groups -OCH3 is 2. The minimum atomic E-state index is 0.617. The molecule has 1 aromatic carbocycles. The molecule has 0 spiro atoms. The van der Waals surface area contributed by atoms with Gasteiger partial charge in [-0.05, 0) is 13.3 Å². The van der Waals surface area contributed by atoms with Crippen LogP contribution < -0.4 is 0 Å². The third kappa shape index (κ3) is 5.74. The summed E-state index contributed by atoms with van der Waals surface area (Å²) in [6.45, 7) is 5.81. The summed E-state index contributed by atoms with van der Waals surface area (Å²) in [4.78, 5) is 6.73. The first-order valence-electron chi connectivity index (χ1n) is 7.82. The molecule has 126 valence electrons. The molecule has 0 aliphatic heterocycles. The first-order chi connectivity index (χ1) is 11.2. The summed E-state index contributed by atoms with van der Waals surface area (Å²) in [7, 11) is 3.42. The molecule has 0 aliphatic carbocycles. The molecule has 0 saturated carbocycles. The van der Waals surface area contributed by atoms with Crippen LogP contribution in [0.3, 0.4) is 0 Å². The molecule has 2 aromatic rings. The van der Waals surface area contributed by atoms with Crippen LogP contribution in [0.4, 0.5) is 0 Å². The van der Waals surface area contributed by atoms with Gasteiger partial charge in [-0.15, -0.1) is 0 Å². The zero-order valence-corrected chi connectivity index (χ0v) is 14.1. The lowest BCUT2D eigenvalue weighted by molar-refractivity contribution is 0.122. The van der Waals surface area contributed by atoms with E-state index in [-0.39, 0.29) is 0 Å². The number of nitrogens with zero attached hydrogens (tertiary/aromatic N) is 3. The minimum Gasteiger partial charge on any atom is -0.385 e. The van der Waals surface area contributed by atoms with Gasteiger partial charge in [0.2, 0.25) is 11.7 Å². The minimum absolute atomic E-state index is 0.617. The third-order valence-electron chi connectivity index (χ3n) is 3.57. The number of rotatable bonds is 10. The Morgan fingerprint density at radius 1 is 1.04 bits per heavy atom. The van der Waals surface area contributed by atoms with Crippen molar-refractivity contribution in [3.8, 4) is 11.4 Å². The largest absolute Gasteiger partial charge is 0.385 e. The highest BCUT2D eigenvalue weighted by molar-refractivity contribution is 5.54. The molecular formula is C17H25N3O3. The van der Waals surface area contributed by atoms with Crippen LogP contribution in [-0.2, 0) is 16.0 Å². The van der Waals surface area contributed by atoms with Crippen molar-refractivity contribution in [3.63, 3.8) is 0 Å². The second-order valence-corrected chi connectivity index (χ2v) is 5.49. The van der Waals surface area contributed by atoms with Crippen molar-refractivity contribution in [2.75, 3.05) is 40.5 Å². The van der Waals surface area contributed by atoms with Crippen LogP contribution in [0.5, 0.6) is 0 Å². The normalized spacial score (nSPS) is 11.3. The van der Waals surface area contributed by atoms with Gasteiger partial charge >= 0.3 is 0 Å². The van der Waals surface area contributed by atoms with Crippen LogP contribution >= 0.6 is 0 Å². The molecule has 0 amide bonds. The van der Waals surface area contributed by atoms with Crippen molar-refractivity contribution < 1.29 is 14.0 Å². The van der Waals surface area contributed by atoms with Crippen molar-refractivity contribution in [3.05, 3.63) is 35.7 Å². The fourth-order valence-corrected chi connectivity index (χ4v) is 2.25. The Balaban J connectivity index is 1.97. The SMILES string of the molecule is COCCCN(CCOC)Cc1nc(-c2ccc(C)cc2)no1. The molecule has 0 radical (unpaired) electrons. The van der Waals surface area contributed by atoms with E-state index in [1.807, 2.05) is 24.3 Å². The second kappa shape index (κ2) is 9.39. The molecule has 0 aliphatic rings. The molecule has 2 rings (SSSR count). The number of ether oxygens (including phenoxy) is 2. The lowest BCUT2D eigenvalue weighted by Crippen LogP contribution is -2.29. The number of benzene rings is 1. The van der Waals surface area contributed by atoms with E-state index in [0.717, 1.165) is 31.7 Å². The average Bonchev–Trinajstić information content (AvgIpc) is 3.02. The van der Waals surface area contributed by atoms with Crippen LogP contribution in [0.2, 0.25) is 0 Å². The monoisotopic (exact) mass is 319 g/mol. The molecule has 0 atom stereocenters. The maximum atomic E-state index is 5.39. The lowest BCUT2D eigenvalue weighted by atomic mass is 10.1. The molecule has 6 heteroatoms. The van der Waals surface area contributed by atoms with Crippen LogP contribution in [0, 0.1) is 6.92 Å². The maximum absolute atomic E-state index is 5.39. The molecule has 0 unspecified atom stereocenters. The highest BCUT2D eigenvalue weighted by Gasteiger charge is 2.13. The maximum Gasteiger partial charge on any atom is 0.241 e. The Hall–Kier alpha value is -1.76. The van der Waals surface area contributed by atoms with Crippen molar-refractivity contribution in [2.24, 2.45) is 0 Å². The fraction of sp³-hybridized carbons (Fsp3) is 0.529. The Bertz CT molecular complexity index is 569. The third-order valence-corrected chi connectivity index (χ3v) is 3.57. The van der Waals surface area contributed by atoms with Crippen LogP contribution in [0.15, 0.2) is 28.8 Å². The van der Waals surface area contributed by atoms with Gasteiger partial charge in [-0.3, -0.25) is 4.90 Å². The van der Waals surface area contributed by atoms with Crippen LogP contribution in [0.1, 0.15) is 17.9 Å². The number of aryl methyl sites for hydroxylation is 1. The molecule has 0 bridgehead atoms. The summed E-state index contributed by atoms with van der Waals surface area (Å²) in [5, 5.41) is 4.08. The second-order valence-electron chi connectivity index (χ2n) is 5.49. The van der Waals surface area contributed by atoms with Gasteiger partial charge in [-0.1, -0.05) is 35.0 Å².